The maximum absolute atomic E-state index is 13.2. The summed E-state index contributed by atoms with van der Waals surface area (Å²) in [5, 5.41) is 8.89. The van der Waals surface area contributed by atoms with Gasteiger partial charge in [0.05, 0.1) is 0 Å². The lowest BCUT2D eigenvalue weighted by molar-refractivity contribution is -0.146. The van der Waals surface area contributed by atoms with Gasteiger partial charge in [-0.25, -0.2) is 4.79 Å². The summed E-state index contributed by atoms with van der Waals surface area (Å²) in [6.07, 6.45) is 6.37. The van der Waals surface area contributed by atoms with Crippen molar-refractivity contribution in [1.29, 1.82) is 0 Å². The topological polar surface area (TPSA) is 103 Å². The third-order valence-corrected chi connectivity index (χ3v) is 6.80. The zero-order valence-corrected chi connectivity index (χ0v) is 20.0. The molecule has 9 nitrogen and oxygen atoms in total. The van der Waals surface area contributed by atoms with Crippen LogP contribution in [0.25, 0.3) is 0 Å². The van der Waals surface area contributed by atoms with Crippen molar-refractivity contribution < 1.29 is 24.2 Å². The van der Waals surface area contributed by atoms with Crippen LogP contribution in [0, 0.1) is 0 Å². The van der Waals surface area contributed by atoms with Crippen LogP contribution in [0.3, 0.4) is 0 Å². The van der Waals surface area contributed by atoms with Gasteiger partial charge >= 0.3 is 5.97 Å². The van der Waals surface area contributed by atoms with Crippen molar-refractivity contribution in [3.63, 3.8) is 0 Å². The largest absolute Gasteiger partial charge is 0.480 e. The number of carboxylic acids is 1. The molecule has 0 saturated carbocycles. The van der Waals surface area contributed by atoms with E-state index in [1.807, 2.05) is 36.5 Å². The van der Waals surface area contributed by atoms with E-state index in [2.05, 4.69) is 16.0 Å². The van der Waals surface area contributed by atoms with Gasteiger partial charge in [0.25, 0.3) is 0 Å². The molecule has 186 valence electrons. The Bertz CT molecular complexity index is 1050. The molecule has 2 bridgehead atoms. The van der Waals surface area contributed by atoms with Gasteiger partial charge in [-0.05, 0) is 42.5 Å². The molecule has 2 aromatic rings. The van der Waals surface area contributed by atoms with Gasteiger partial charge in [0.2, 0.25) is 11.8 Å². The number of amides is 2. The predicted molar refractivity (Wildman–Crippen MR) is 130 cm³/mol. The number of fused-ring (bicyclic) bond motifs is 3. The maximum Gasteiger partial charge on any atom is 0.329 e. The number of ether oxygens (including phenoxy) is 1. The van der Waals surface area contributed by atoms with Crippen molar-refractivity contribution in [3.8, 4) is 0 Å². The van der Waals surface area contributed by atoms with Crippen molar-refractivity contribution in [3.05, 3.63) is 59.9 Å². The Balaban J connectivity index is 1.65. The number of anilines is 1. The fourth-order valence-corrected chi connectivity index (χ4v) is 5.15. The zero-order chi connectivity index (χ0) is 24.8. The first-order valence-corrected chi connectivity index (χ1v) is 12.0. The molecule has 2 unspecified atom stereocenters. The third kappa shape index (κ3) is 6.23. The molecule has 3 heterocycles. The van der Waals surface area contributed by atoms with Crippen LogP contribution in [-0.4, -0.2) is 76.1 Å². The molecule has 4 rings (SSSR count). The summed E-state index contributed by atoms with van der Waals surface area (Å²) in [4.78, 5) is 47.0. The molecule has 2 atom stereocenters. The van der Waals surface area contributed by atoms with Crippen molar-refractivity contribution in [1.82, 2.24) is 14.8 Å². The van der Waals surface area contributed by atoms with E-state index in [-0.39, 0.29) is 30.5 Å². The highest BCUT2D eigenvalue weighted by Crippen LogP contribution is 2.32. The van der Waals surface area contributed by atoms with Crippen LogP contribution in [0.4, 0.5) is 5.69 Å². The number of aromatic nitrogens is 1. The lowest BCUT2D eigenvalue weighted by atomic mass is 10.1. The Morgan fingerprint density at radius 1 is 1.06 bits per heavy atom. The third-order valence-electron chi connectivity index (χ3n) is 6.80. The minimum Gasteiger partial charge on any atom is -0.480 e. The summed E-state index contributed by atoms with van der Waals surface area (Å²) in [5.41, 5.74) is 2.79. The van der Waals surface area contributed by atoms with E-state index in [0.717, 1.165) is 36.1 Å². The summed E-state index contributed by atoms with van der Waals surface area (Å²) in [6, 6.07) is 12.0. The molecular formula is C26H32N4O5. The van der Waals surface area contributed by atoms with Gasteiger partial charge in [-0.1, -0.05) is 24.3 Å². The number of carbonyl (C=O) groups is 3. The number of para-hydroxylation sites is 1. The first-order valence-electron chi connectivity index (χ1n) is 12.0. The van der Waals surface area contributed by atoms with Crippen LogP contribution in [0.2, 0.25) is 0 Å². The van der Waals surface area contributed by atoms with Gasteiger partial charge in [-0.15, -0.1) is 0 Å². The molecule has 1 aromatic heterocycles. The summed E-state index contributed by atoms with van der Waals surface area (Å²) in [7, 11) is 0. The van der Waals surface area contributed by atoms with Crippen LogP contribution < -0.4 is 4.90 Å². The molecule has 0 spiro atoms. The lowest BCUT2D eigenvalue weighted by Crippen LogP contribution is -2.45. The van der Waals surface area contributed by atoms with Gasteiger partial charge in [0.15, 0.2) is 0 Å². The molecule has 1 aromatic carbocycles. The number of hydrogen-bond acceptors (Lipinski definition) is 6. The lowest BCUT2D eigenvalue weighted by Gasteiger charge is -2.33. The van der Waals surface area contributed by atoms with Gasteiger partial charge in [0, 0.05) is 63.3 Å². The van der Waals surface area contributed by atoms with Crippen molar-refractivity contribution in [2.75, 3.05) is 31.2 Å². The minimum absolute atomic E-state index is 0.0345. The van der Waals surface area contributed by atoms with Gasteiger partial charge in [-0.2, -0.15) is 0 Å². The number of nitrogens with zero attached hydrogens (tertiary/aromatic N) is 4. The number of hydrogen-bond donors (Lipinski definition) is 1. The average Bonchev–Trinajstić information content (AvgIpc) is 3.19. The number of benzene rings is 1. The molecular weight excluding hydrogens is 448 g/mol. The highest BCUT2D eigenvalue weighted by atomic mass is 16.5. The molecule has 9 heteroatoms. The smallest absolute Gasteiger partial charge is 0.329 e. The molecule has 1 N–H and O–H groups in total. The van der Waals surface area contributed by atoms with E-state index in [4.69, 9.17) is 9.84 Å². The number of carboxylic acid groups (broad SMARTS) is 1. The maximum atomic E-state index is 13.2. The summed E-state index contributed by atoms with van der Waals surface area (Å²) >= 11 is 0. The van der Waals surface area contributed by atoms with Crippen molar-refractivity contribution in [2.24, 2.45) is 0 Å². The number of rotatable bonds is 6. The second-order valence-corrected chi connectivity index (χ2v) is 9.17. The zero-order valence-electron chi connectivity index (χ0n) is 20.0. The number of aliphatic carboxylic acids is 1. The van der Waals surface area contributed by atoms with Crippen molar-refractivity contribution >= 4 is 23.5 Å². The molecule has 1 fully saturated rings. The summed E-state index contributed by atoms with van der Waals surface area (Å²) in [6.45, 7) is 2.88. The molecule has 2 aliphatic heterocycles. The van der Waals surface area contributed by atoms with E-state index in [0.29, 0.717) is 26.2 Å². The SMILES string of the molecule is CC(=O)N1CCC2CCC(CN(C(=O)COCC(=O)O)Cc3ccccc31)N2Cc1cccnc1. The van der Waals surface area contributed by atoms with Gasteiger partial charge in [0.1, 0.15) is 13.2 Å². The number of carbonyl (C=O) groups excluding carboxylic acids is 2. The minimum atomic E-state index is -1.11. The highest BCUT2D eigenvalue weighted by molar-refractivity contribution is 5.92. The van der Waals surface area contributed by atoms with E-state index < -0.39 is 12.6 Å². The molecule has 0 radical (unpaired) electrons. The van der Waals surface area contributed by atoms with E-state index in [1.165, 1.54) is 0 Å². The van der Waals surface area contributed by atoms with E-state index >= 15 is 0 Å². The standard InChI is InChI=1S/C26H32N4O5/c1-19(31)29-12-10-22-8-9-23(30(22)14-20-5-4-11-27-13-20)16-28(25(32)17-35-18-26(33)34)15-21-6-2-3-7-24(21)29/h2-7,11,13,22-23H,8-10,12,14-18H2,1H3,(H,33,34). The van der Waals surface area contributed by atoms with Crippen LogP contribution in [-0.2, 0) is 32.2 Å². The molecule has 1 saturated heterocycles. The molecule has 35 heavy (non-hydrogen) atoms. The highest BCUT2D eigenvalue weighted by Gasteiger charge is 2.36. The van der Waals surface area contributed by atoms with E-state index in [9.17, 15) is 14.4 Å². The predicted octanol–water partition coefficient (Wildman–Crippen LogP) is 2.30. The second kappa shape index (κ2) is 11.4. The van der Waals surface area contributed by atoms with Crippen LogP contribution in [0.15, 0.2) is 48.8 Å². The first kappa shape index (κ1) is 24.8. The number of pyridine rings is 1. The monoisotopic (exact) mass is 480 g/mol. The quantitative estimate of drug-likeness (QED) is 0.677. The van der Waals surface area contributed by atoms with Gasteiger partial charge in [-0.3, -0.25) is 19.5 Å². The Morgan fingerprint density at radius 3 is 2.60 bits per heavy atom. The Hall–Kier alpha value is -3.30. The molecule has 2 amide bonds. The van der Waals surface area contributed by atoms with Crippen LogP contribution >= 0.6 is 0 Å². The Labute approximate surface area is 205 Å². The fourth-order valence-electron chi connectivity index (χ4n) is 5.15. The second-order valence-electron chi connectivity index (χ2n) is 9.17. The Morgan fingerprint density at radius 2 is 1.86 bits per heavy atom. The van der Waals surface area contributed by atoms with Crippen molar-refractivity contribution in [2.45, 2.75) is 51.4 Å². The normalized spacial score (nSPS) is 20.7. The molecule has 0 aliphatic carbocycles. The van der Waals surface area contributed by atoms with Crippen LogP contribution in [0.5, 0.6) is 0 Å². The Kier molecular flexibility index (Phi) is 8.09. The first-order chi connectivity index (χ1) is 16.9. The molecule has 2 aliphatic rings. The van der Waals surface area contributed by atoms with Crippen LogP contribution in [0.1, 0.15) is 37.3 Å². The summed E-state index contributed by atoms with van der Waals surface area (Å²) in [5.74, 6) is -1.41. The fraction of sp³-hybridized carbons (Fsp3) is 0.462. The van der Waals surface area contributed by atoms with E-state index in [1.54, 1.807) is 22.9 Å². The van der Waals surface area contributed by atoms with Gasteiger partial charge < -0.3 is 19.6 Å². The summed E-state index contributed by atoms with van der Waals surface area (Å²) < 4.78 is 5.13. The average molecular weight is 481 g/mol.